The predicted molar refractivity (Wildman–Crippen MR) is 125 cm³/mol. The van der Waals surface area contributed by atoms with Crippen molar-refractivity contribution in [2.45, 2.75) is 17.4 Å². The quantitative estimate of drug-likeness (QED) is 0.421. The molecule has 1 unspecified atom stereocenters. The van der Waals surface area contributed by atoms with E-state index in [-0.39, 0.29) is 10.9 Å². The molecule has 1 fully saturated rings. The zero-order valence-corrected chi connectivity index (χ0v) is 18.7. The van der Waals surface area contributed by atoms with E-state index in [1.807, 2.05) is 54.7 Å². The van der Waals surface area contributed by atoms with Crippen LogP contribution in [0.1, 0.15) is 12.5 Å². The summed E-state index contributed by atoms with van der Waals surface area (Å²) in [6.45, 7) is 0.809. The molecule has 4 aromatic rings. The minimum absolute atomic E-state index is 0.0471. The fourth-order valence-corrected chi connectivity index (χ4v) is 5.63. The Balaban J connectivity index is 1.35. The fourth-order valence-electron chi connectivity index (χ4n) is 3.97. The second-order valence-electron chi connectivity index (χ2n) is 7.79. The summed E-state index contributed by atoms with van der Waals surface area (Å²) in [5, 5.41) is 9.17. The maximum absolute atomic E-state index is 13.3. The molecule has 0 N–H and O–H groups in total. The molecule has 0 saturated carbocycles. The van der Waals surface area contributed by atoms with Crippen LogP contribution in [0.2, 0.25) is 5.02 Å². The smallest absolute Gasteiger partial charge is 0.243 e. The van der Waals surface area contributed by atoms with Crippen molar-refractivity contribution in [3.63, 3.8) is 0 Å². The number of hydrogen-bond acceptors (Lipinski definition) is 4. The van der Waals surface area contributed by atoms with E-state index in [0.29, 0.717) is 24.5 Å². The number of hydrogen-bond donors (Lipinski definition) is 0. The zero-order valence-electron chi connectivity index (χ0n) is 17.2. The minimum atomic E-state index is -3.62. The first-order valence-corrected chi connectivity index (χ1v) is 12.2. The highest BCUT2D eigenvalue weighted by atomic mass is 35.5. The minimum Gasteiger partial charge on any atom is -0.247 e. The molecule has 32 heavy (non-hydrogen) atoms. The number of benzene rings is 3. The summed E-state index contributed by atoms with van der Waals surface area (Å²) in [5.41, 5.74) is 3.52. The van der Waals surface area contributed by atoms with E-state index in [1.165, 1.54) is 4.31 Å². The maximum Gasteiger partial charge on any atom is 0.243 e. The van der Waals surface area contributed by atoms with Gasteiger partial charge >= 0.3 is 0 Å². The van der Waals surface area contributed by atoms with Crippen LogP contribution in [0.3, 0.4) is 0 Å². The van der Waals surface area contributed by atoms with Crippen molar-refractivity contribution in [3.8, 4) is 22.4 Å². The lowest BCUT2D eigenvalue weighted by atomic mass is 10.1. The van der Waals surface area contributed by atoms with Crippen molar-refractivity contribution in [2.75, 3.05) is 13.1 Å². The monoisotopic (exact) mass is 464 g/mol. The van der Waals surface area contributed by atoms with Crippen molar-refractivity contribution in [3.05, 3.63) is 90.1 Å². The van der Waals surface area contributed by atoms with Crippen LogP contribution in [0.15, 0.2) is 90.0 Å². The predicted octanol–water partition coefficient (Wildman–Crippen LogP) is 4.90. The molecule has 1 aliphatic heterocycles. The first kappa shape index (κ1) is 20.9. The molecule has 0 spiro atoms. The molecule has 1 saturated heterocycles. The van der Waals surface area contributed by atoms with Gasteiger partial charge in [-0.3, -0.25) is 0 Å². The second kappa shape index (κ2) is 8.50. The van der Waals surface area contributed by atoms with E-state index >= 15 is 0 Å². The summed E-state index contributed by atoms with van der Waals surface area (Å²) in [7, 11) is -3.62. The van der Waals surface area contributed by atoms with Crippen molar-refractivity contribution in [1.82, 2.24) is 19.3 Å². The van der Waals surface area contributed by atoms with Crippen molar-refractivity contribution < 1.29 is 8.42 Å². The topological polar surface area (TPSA) is 68.1 Å². The van der Waals surface area contributed by atoms with Crippen LogP contribution >= 0.6 is 11.6 Å². The van der Waals surface area contributed by atoms with Crippen molar-refractivity contribution >= 4 is 21.6 Å². The summed E-state index contributed by atoms with van der Waals surface area (Å²) in [6, 6.07) is 24.2. The second-order valence-corrected chi connectivity index (χ2v) is 10.2. The van der Waals surface area contributed by atoms with Crippen LogP contribution in [-0.2, 0) is 10.0 Å². The SMILES string of the molecule is O=S(=O)(c1cccc(-c2ccc(Cl)cc2)c1)N1CCC(n2cc(-c3ccccc3)nn2)C1. The average Bonchev–Trinajstić information content (AvgIpc) is 3.51. The molecule has 1 aliphatic rings. The van der Waals surface area contributed by atoms with Gasteiger partial charge in [0.05, 0.1) is 17.1 Å². The van der Waals surface area contributed by atoms with Crippen molar-refractivity contribution in [2.24, 2.45) is 0 Å². The number of halogens is 1. The normalized spacial score (nSPS) is 17.0. The highest BCUT2D eigenvalue weighted by Gasteiger charge is 2.34. The van der Waals surface area contributed by atoms with Gasteiger partial charge in [0.2, 0.25) is 10.0 Å². The van der Waals surface area contributed by atoms with Crippen LogP contribution < -0.4 is 0 Å². The van der Waals surface area contributed by atoms with Gasteiger partial charge in [-0.2, -0.15) is 4.31 Å². The Kier molecular flexibility index (Phi) is 5.55. The molecule has 0 radical (unpaired) electrons. The third-order valence-electron chi connectivity index (χ3n) is 5.73. The molecule has 1 aromatic heterocycles. The van der Waals surface area contributed by atoms with E-state index < -0.39 is 10.0 Å². The van der Waals surface area contributed by atoms with E-state index in [9.17, 15) is 8.42 Å². The van der Waals surface area contributed by atoms with E-state index in [0.717, 1.165) is 22.4 Å². The lowest BCUT2D eigenvalue weighted by Crippen LogP contribution is -2.29. The Morgan fingerprint density at radius 1 is 0.875 bits per heavy atom. The Bertz CT molecular complexity index is 1340. The lowest BCUT2D eigenvalue weighted by Gasteiger charge is -2.17. The standard InChI is InChI=1S/C24H21ClN4O2S/c25-21-11-9-18(10-12-21)20-7-4-8-23(15-20)32(30,31)28-14-13-22(16-28)29-17-24(26-27-29)19-5-2-1-3-6-19/h1-12,15,17,22H,13-14,16H2. The Morgan fingerprint density at radius 2 is 1.62 bits per heavy atom. The van der Waals surface area contributed by atoms with Crippen LogP contribution in [0.5, 0.6) is 0 Å². The summed E-state index contributed by atoms with van der Waals surface area (Å²) in [4.78, 5) is 0.286. The largest absolute Gasteiger partial charge is 0.247 e. The highest BCUT2D eigenvalue weighted by Crippen LogP contribution is 2.30. The van der Waals surface area contributed by atoms with Crippen LogP contribution in [-0.4, -0.2) is 40.8 Å². The van der Waals surface area contributed by atoms with Gasteiger partial charge in [0.25, 0.3) is 0 Å². The molecule has 8 heteroatoms. The van der Waals surface area contributed by atoms with Gasteiger partial charge in [0.1, 0.15) is 5.69 Å². The third kappa shape index (κ3) is 4.07. The van der Waals surface area contributed by atoms with Gasteiger partial charge in [0.15, 0.2) is 0 Å². The Morgan fingerprint density at radius 3 is 2.41 bits per heavy atom. The molecule has 1 atom stereocenters. The Labute approximate surface area is 192 Å². The molecule has 0 amide bonds. The van der Waals surface area contributed by atoms with Crippen LogP contribution in [0.4, 0.5) is 0 Å². The number of aromatic nitrogens is 3. The number of rotatable bonds is 5. The molecule has 162 valence electrons. The first-order valence-electron chi connectivity index (χ1n) is 10.3. The van der Waals surface area contributed by atoms with Gasteiger partial charge in [0, 0.05) is 23.7 Å². The molecule has 3 aromatic carbocycles. The molecular formula is C24H21ClN4O2S. The number of nitrogens with zero attached hydrogens (tertiary/aromatic N) is 4. The van der Waals surface area contributed by atoms with E-state index in [2.05, 4.69) is 10.3 Å². The first-order chi connectivity index (χ1) is 15.5. The van der Waals surface area contributed by atoms with Crippen molar-refractivity contribution in [1.29, 1.82) is 0 Å². The van der Waals surface area contributed by atoms with Gasteiger partial charge in [-0.25, -0.2) is 13.1 Å². The highest BCUT2D eigenvalue weighted by molar-refractivity contribution is 7.89. The Hall–Kier alpha value is -3.00. The fraction of sp³-hybridized carbons (Fsp3) is 0.167. The summed E-state index contributed by atoms with van der Waals surface area (Å²) >= 11 is 5.98. The average molecular weight is 465 g/mol. The van der Waals surface area contributed by atoms with Gasteiger partial charge in [-0.05, 0) is 41.8 Å². The third-order valence-corrected chi connectivity index (χ3v) is 7.84. The summed E-state index contributed by atoms with van der Waals surface area (Å²) in [5.74, 6) is 0. The molecule has 2 heterocycles. The molecule has 6 nitrogen and oxygen atoms in total. The van der Waals surface area contributed by atoms with Gasteiger partial charge in [-0.1, -0.05) is 71.4 Å². The molecule has 0 bridgehead atoms. The maximum atomic E-state index is 13.3. The molecule has 5 rings (SSSR count). The zero-order chi connectivity index (χ0) is 22.1. The molecule has 0 aliphatic carbocycles. The molecular weight excluding hydrogens is 444 g/mol. The van der Waals surface area contributed by atoms with E-state index in [4.69, 9.17) is 11.6 Å². The summed E-state index contributed by atoms with van der Waals surface area (Å²) < 4.78 is 30.0. The van der Waals surface area contributed by atoms with E-state index in [1.54, 1.807) is 35.0 Å². The number of sulfonamides is 1. The summed E-state index contributed by atoms with van der Waals surface area (Å²) in [6.07, 6.45) is 2.57. The van der Waals surface area contributed by atoms with Gasteiger partial charge in [-0.15, -0.1) is 5.10 Å². The van der Waals surface area contributed by atoms with Crippen LogP contribution in [0.25, 0.3) is 22.4 Å². The van der Waals surface area contributed by atoms with Crippen LogP contribution in [0, 0.1) is 0 Å². The van der Waals surface area contributed by atoms with Gasteiger partial charge < -0.3 is 0 Å². The lowest BCUT2D eigenvalue weighted by molar-refractivity contribution is 0.428.